The van der Waals surface area contributed by atoms with E-state index in [-0.39, 0.29) is 12.3 Å². The van der Waals surface area contributed by atoms with Gasteiger partial charge in [-0.1, -0.05) is 24.3 Å². The highest BCUT2D eigenvalue weighted by Gasteiger charge is 2.14. The van der Waals surface area contributed by atoms with Gasteiger partial charge in [0.05, 0.1) is 14.2 Å². The van der Waals surface area contributed by atoms with Crippen LogP contribution in [0.2, 0.25) is 0 Å². The van der Waals surface area contributed by atoms with E-state index in [1.807, 2.05) is 42.5 Å². The van der Waals surface area contributed by atoms with E-state index in [0.717, 1.165) is 11.3 Å². The van der Waals surface area contributed by atoms with Crippen molar-refractivity contribution in [2.75, 3.05) is 19.5 Å². The monoisotopic (exact) mass is 365 g/mol. The van der Waals surface area contributed by atoms with Crippen LogP contribution in [0.3, 0.4) is 0 Å². The van der Waals surface area contributed by atoms with E-state index >= 15 is 0 Å². The van der Waals surface area contributed by atoms with E-state index in [0.29, 0.717) is 29.8 Å². The fourth-order valence-corrected chi connectivity index (χ4v) is 2.43. The van der Waals surface area contributed by atoms with Crippen molar-refractivity contribution >= 4 is 5.88 Å². The minimum Gasteiger partial charge on any atom is -0.497 e. The van der Waals surface area contributed by atoms with E-state index in [1.54, 1.807) is 26.4 Å². The zero-order valence-electron chi connectivity index (χ0n) is 15.1. The van der Waals surface area contributed by atoms with Crippen LogP contribution in [0.5, 0.6) is 17.2 Å². The summed E-state index contributed by atoms with van der Waals surface area (Å²) in [7, 11) is 3.19. The van der Waals surface area contributed by atoms with Crippen LogP contribution >= 0.6 is 0 Å². The number of nitrogens with one attached hydrogen (secondary N) is 1. The first-order valence-electron chi connectivity index (χ1n) is 8.26. The lowest BCUT2D eigenvalue weighted by molar-refractivity contribution is 0.251. The number of nitrogens with zero attached hydrogens (tertiary/aromatic N) is 2. The first kappa shape index (κ1) is 18.1. The molecular formula is C20H19N3O4. The summed E-state index contributed by atoms with van der Waals surface area (Å²) in [6.07, 6.45) is 0. The quantitative estimate of drug-likeness (QED) is 0.650. The third-order valence-corrected chi connectivity index (χ3v) is 3.81. The molecular weight excluding hydrogens is 346 g/mol. The lowest BCUT2D eigenvalue weighted by Crippen LogP contribution is -1.99. The first-order chi connectivity index (χ1) is 13.2. The number of benzene rings is 2. The Balaban J connectivity index is 1.65. The van der Waals surface area contributed by atoms with E-state index in [9.17, 15) is 5.26 Å². The van der Waals surface area contributed by atoms with Gasteiger partial charge < -0.3 is 23.9 Å². The molecule has 0 aliphatic carbocycles. The van der Waals surface area contributed by atoms with E-state index in [1.165, 1.54) is 0 Å². The van der Waals surface area contributed by atoms with Gasteiger partial charge in [-0.2, -0.15) is 10.2 Å². The van der Waals surface area contributed by atoms with Crippen molar-refractivity contribution in [2.45, 2.75) is 13.2 Å². The van der Waals surface area contributed by atoms with Crippen molar-refractivity contribution in [1.82, 2.24) is 4.98 Å². The number of para-hydroxylation sites is 2. The minimum absolute atomic E-state index is 0.0826. The second-order valence-corrected chi connectivity index (χ2v) is 5.54. The van der Waals surface area contributed by atoms with Gasteiger partial charge in [-0.3, -0.25) is 0 Å². The maximum Gasteiger partial charge on any atom is 0.236 e. The molecule has 0 fully saturated rings. The molecule has 1 aromatic heterocycles. The summed E-state index contributed by atoms with van der Waals surface area (Å²) >= 11 is 0. The predicted octanol–water partition coefficient (Wildman–Crippen LogP) is 3.75. The van der Waals surface area contributed by atoms with Crippen molar-refractivity contribution in [3.05, 3.63) is 65.7 Å². The number of ether oxygens (including phenoxy) is 3. The minimum atomic E-state index is 0.0826. The van der Waals surface area contributed by atoms with E-state index < -0.39 is 0 Å². The standard InChI is InChI=1S/C20H19N3O4/c1-24-15-9-7-14(8-10-15)12-22-20-16(11-21)23-19(27-20)13-26-18-6-4-3-5-17(18)25-2/h3-10,22H,12-13H2,1-2H3. The normalized spacial score (nSPS) is 10.1. The van der Waals surface area contributed by atoms with Crippen LogP contribution < -0.4 is 19.5 Å². The summed E-state index contributed by atoms with van der Waals surface area (Å²) in [5, 5.41) is 12.4. The lowest BCUT2D eigenvalue weighted by Gasteiger charge is -2.08. The molecule has 0 amide bonds. The summed E-state index contributed by atoms with van der Waals surface area (Å²) in [6, 6.07) is 16.9. The second kappa shape index (κ2) is 8.63. The van der Waals surface area contributed by atoms with Gasteiger partial charge >= 0.3 is 0 Å². The Kier molecular flexibility index (Phi) is 5.80. The number of methoxy groups -OCH3 is 2. The van der Waals surface area contributed by atoms with Gasteiger partial charge in [-0.25, -0.2) is 0 Å². The first-order valence-corrected chi connectivity index (χ1v) is 8.26. The second-order valence-electron chi connectivity index (χ2n) is 5.54. The zero-order valence-corrected chi connectivity index (χ0v) is 15.1. The summed E-state index contributed by atoms with van der Waals surface area (Å²) in [5.41, 5.74) is 1.20. The maximum absolute atomic E-state index is 9.27. The topological polar surface area (TPSA) is 89.5 Å². The summed E-state index contributed by atoms with van der Waals surface area (Å²) < 4.78 is 21.7. The molecule has 0 saturated heterocycles. The fourth-order valence-electron chi connectivity index (χ4n) is 2.43. The van der Waals surface area contributed by atoms with Crippen LogP contribution in [0.25, 0.3) is 0 Å². The molecule has 7 heteroatoms. The van der Waals surface area contributed by atoms with Crippen LogP contribution in [0.15, 0.2) is 52.9 Å². The molecule has 2 aromatic carbocycles. The number of aromatic nitrogens is 1. The summed E-state index contributed by atoms with van der Waals surface area (Å²) in [5.74, 6) is 2.58. The molecule has 0 radical (unpaired) electrons. The largest absolute Gasteiger partial charge is 0.497 e. The van der Waals surface area contributed by atoms with Crippen molar-refractivity contribution in [2.24, 2.45) is 0 Å². The lowest BCUT2D eigenvalue weighted by atomic mass is 10.2. The Hall–Kier alpha value is -3.66. The molecule has 0 aliphatic rings. The zero-order chi connectivity index (χ0) is 19.1. The van der Waals surface area contributed by atoms with Crippen LogP contribution in [-0.2, 0) is 13.2 Å². The van der Waals surface area contributed by atoms with Gasteiger partial charge in [-0.05, 0) is 29.8 Å². The highest BCUT2D eigenvalue weighted by molar-refractivity contribution is 5.46. The molecule has 1 heterocycles. The van der Waals surface area contributed by atoms with E-state index in [4.69, 9.17) is 18.6 Å². The average Bonchev–Trinajstić information content (AvgIpc) is 3.13. The number of rotatable bonds is 8. The molecule has 27 heavy (non-hydrogen) atoms. The molecule has 0 saturated carbocycles. The van der Waals surface area contributed by atoms with Crippen LogP contribution in [0.1, 0.15) is 17.1 Å². The number of nitriles is 1. The van der Waals surface area contributed by atoms with Crippen LogP contribution in [-0.4, -0.2) is 19.2 Å². The Labute approximate surface area is 157 Å². The van der Waals surface area contributed by atoms with Crippen molar-refractivity contribution in [3.8, 4) is 23.3 Å². The van der Waals surface area contributed by atoms with Crippen molar-refractivity contribution in [3.63, 3.8) is 0 Å². The molecule has 0 aliphatic heterocycles. The Morgan fingerprint density at radius 1 is 1.04 bits per heavy atom. The smallest absolute Gasteiger partial charge is 0.236 e. The maximum atomic E-state index is 9.27. The molecule has 0 unspecified atom stereocenters. The molecule has 1 N–H and O–H groups in total. The van der Waals surface area contributed by atoms with Crippen molar-refractivity contribution < 1.29 is 18.6 Å². The molecule has 7 nitrogen and oxygen atoms in total. The molecule has 3 aromatic rings. The predicted molar refractivity (Wildman–Crippen MR) is 98.9 cm³/mol. The number of hydrogen-bond donors (Lipinski definition) is 1. The van der Waals surface area contributed by atoms with Gasteiger partial charge in [0, 0.05) is 6.54 Å². The Bertz CT molecular complexity index is 929. The third kappa shape index (κ3) is 4.50. The van der Waals surface area contributed by atoms with Gasteiger partial charge in [-0.15, -0.1) is 0 Å². The molecule has 138 valence electrons. The summed E-state index contributed by atoms with van der Waals surface area (Å²) in [4.78, 5) is 4.16. The highest BCUT2D eigenvalue weighted by Crippen LogP contribution is 2.27. The molecule has 0 spiro atoms. The highest BCUT2D eigenvalue weighted by atomic mass is 16.5. The van der Waals surface area contributed by atoms with Gasteiger partial charge in [0.25, 0.3) is 0 Å². The fraction of sp³-hybridized carbons (Fsp3) is 0.200. The SMILES string of the molecule is COc1ccc(CNc2oc(COc3ccccc3OC)nc2C#N)cc1. The van der Waals surface area contributed by atoms with Crippen LogP contribution in [0, 0.1) is 11.3 Å². The molecule has 3 rings (SSSR count). The average molecular weight is 365 g/mol. The van der Waals surface area contributed by atoms with Gasteiger partial charge in [0.15, 0.2) is 18.1 Å². The van der Waals surface area contributed by atoms with Gasteiger partial charge in [0.2, 0.25) is 17.5 Å². The number of hydrogen-bond acceptors (Lipinski definition) is 7. The number of anilines is 1. The Morgan fingerprint density at radius 2 is 1.78 bits per heavy atom. The van der Waals surface area contributed by atoms with Crippen molar-refractivity contribution in [1.29, 1.82) is 5.26 Å². The molecule has 0 bridgehead atoms. The third-order valence-electron chi connectivity index (χ3n) is 3.81. The number of oxazole rings is 1. The van der Waals surface area contributed by atoms with Gasteiger partial charge in [0.1, 0.15) is 11.8 Å². The Morgan fingerprint density at radius 3 is 2.44 bits per heavy atom. The van der Waals surface area contributed by atoms with Crippen LogP contribution in [0.4, 0.5) is 5.88 Å². The molecule has 0 atom stereocenters. The van der Waals surface area contributed by atoms with E-state index in [2.05, 4.69) is 10.3 Å². The summed E-state index contributed by atoms with van der Waals surface area (Å²) in [6.45, 7) is 0.569.